The van der Waals surface area contributed by atoms with Crippen LogP contribution < -0.4 is 4.74 Å². The van der Waals surface area contributed by atoms with Crippen LogP contribution in [-0.4, -0.2) is 42.8 Å². The molecule has 1 atom stereocenters. The minimum atomic E-state index is -0.513. The van der Waals surface area contributed by atoms with E-state index in [1.807, 2.05) is 6.92 Å². The summed E-state index contributed by atoms with van der Waals surface area (Å²) < 4.78 is 8.46. The molecule has 0 fully saturated rings. The third kappa shape index (κ3) is 2.93. The highest BCUT2D eigenvalue weighted by Gasteiger charge is 2.28. The number of nitrogens with zero attached hydrogens (tertiary/aromatic N) is 5. The lowest BCUT2D eigenvalue weighted by molar-refractivity contribution is -0.386. The van der Waals surface area contributed by atoms with Gasteiger partial charge in [0.1, 0.15) is 5.69 Å². The average molecular weight is 309 g/mol. The lowest BCUT2D eigenvalue weighted by Gasteiger charge is -2.07. The molecule has 120 valence electrons. The Morgan fingerprint density at radius 3 is 2.64 bits per heavy atom. The highest BCUT2D eigenvalue weighted by atomic mass is 16.6. The van der Waals surface area contributed by atoms with Crippen LogP contribution in [0.2, 0.25) is 0 Å². The molecule has 2 rings (SSSR count). The van der Waals surface area contributed by atoms with Crippen LogP contribution in [0.3, 0.4) is 0 Å². The second-order valence-corrected chi connectivity index (χ2v) is 5.27. The van der Waals surface area contributed by atoms with Crippen molar-refractivity contribution in [1.29, 1.82) is 0 Å². The Hall–Kier alpha value is -2.42. The molecule has 9 nitrogen and oxygen atoms in total. The molecule has 0 aromatic carbocycles. The number of hydrogen-bond donors (Lipinski definition) is 1. The maximum atomic E-state index is 11.3. The van der Waals surface area contributed by atoms with Crippen molar-refractivity contribution in [3.63, 3.8) is 0 Å². The maximum Gasteiger partial charge on any atom is 0.353 e. The Morgan fingerprint density at radius 1 is 1.45 bits per heavy atom. The SMILES string of the molecule is Cc1cc(-n2nc(OC[C@H](C)CO)c([N+](=O)[O-])c2C)n(C)n1. The number of ether oxygens (including phenoxy) is 1. The van der Waals surface area contributed by atoms with E-state index in [0.29, 0.717) is 11.5 Å². The highest BCUT2D eigenvalue weighted by Crippen LogP contribution is 2.31. The fourth-order valence-corrected chi connectivity index (χ4v) is 2.07. The summed E-state index contributed by atoms with van der Waals surface area (Å²) in [5.41, 5.74) is 0.968. The van der Waals surface area contributed by atoms with Crippen LogP contribution in [0.15, 0.2) is 6.07 Å². The normalized spacial score (nSPS) is 12.4. The molecule has 0 aliphatic heterocycles. The first kappa shape index (κ1) is 16.0. The number of aliphatic hydroxyl groups excluding tert-OH is 1. The van der Waals surface area contributed by atoms with Crippen LogP contribution in [-0.2, 0) is 7.05 Å². The molecule has 0 saturated heterocycles. The Kier molecular flexibility index (Phi) is 4.45. The van der Waals surface area contributed by atoms with E-state index in [1.54, 1.807) is 31.6 Å². The fraction of sp³-hybridized carbons (Fsp3) is 0.538. The number of aromatic nitrogens is 4. The van der Waals surface area contributed by atoms with E-state index in [0.717, 1.165) is 5.69 Å². The van der Waals surface area contributed by atoms with Crippen LogP contribution in [0.25, 0.3) is 5.82 Å². The molecular weight excluding hydrogens is 290 g/mol. The summed E-state index contributed by atoms with van der Waals surface area (Å²) in [4.78, 5) is 10.8. The zero-order valence-electron chi connectivity index (χ0n) is 13.0. The van der Waals surface area contributed by atoms with Crippen LogP contribution >= 0.6 is 0 Å². The number of aliphatic hydroxyl groups is 1. The van der Waals surface area contributed by atoms with Gasteiger partial charge >= 0.3 is 11.6 Å². The van der Waals surface area contributed by atoms with E-state index < -0.39 is 4.92 Å². The van der Waals surface area contributed by atoms with Gasteiger partial charge in [-0.3, -0.25) is 14.8 Å². The van der Waals surface area contributed by atoms with Gasteiger partial charge in [0.05, 0.1) is 17.2 Å². The molecule has 0 amide bonds. The summed E-state index contributed by atoms with van der Waals surface area (Å²) >= 11 is 0. The van der Waals surface area contributed by atoms with E-state index in [9.17, 15) is 10.1 Å². The molecule has 0 radical (unpaired) electrons. The maximum absolute atomic E-state index is 11.3. The van der Waals surface area contributed by atoms with Crippen LogP contribution in [0.1, 0.15) is 18.3 Å². The molecule has 2 heterocycles. The lowest BCUT2D eigenvalue weighted by atomic mass is 10.2. The monoisotopic (exact) mass is 309 g/mol. The molecule has 0 unspecified atom stereocenters. The van der Waals surface area contributed by atoms with Gasteiger partial charge in [-0.05, 0) is 13.8 Å². The minimum absolute atomic E-state index is 0.0540. The Balaban J connectivity index is 2.44. The number of rotatable bonds is 6. The summed E-state index contributed by atoms with van der Waals surface area (Å²) in [7, 11) is 1.74. The number of nitro groups is 1. The van der Waals surface area contributed by atoms with Gasteiger partial charge in [-0.15, -0.1) is 5.10 Å². The summed E-state index contributed by atoms with van der Waals surface area (Å²) in [6.07, 6.45) is 0. The largest absolute Gasteiger partial charge is 0.471 e. The molecule has 9 heteroatoms. The van der Waals surface area contributed by atoms with Gasteiger partial charge < -0.3 is 9.84 Å². The molecular formula is C13H19N5O4. The summed E-state index contributed by atoms with van der Waals surface area (Å²) in [6, 6.07) is 1.78. The molecule has 0 aliphatic carbocycles. The Labute approximate surface area is 127 Å². The Bertz CT molecular complexity index is 691. The molecule has 2 aromatic heterocycles. The number of aryl methyl sites for hydroxylation is 2. The summed E-state index contributed by atoms with van der Waals surface area (Å²) in [5, 5.41) is 28.7. The topological polar surface area (TPSA) is 108 Å². The molecule has 22 heavy (non-hydrogen) atoms. The zero-order valence-corrected chi connectivity index (χ0v) is 13.0. The van der Waals surface area contributed by atoms with Crippen molar-refractivity contribution in [2.45, 2.75) is 20.8 Å². The van der Waals surface area contributed by atoms with E-state index in [4.69, 9.17) is 9.84 Å². The van der Waals surface area contributed by atoms with Crippen molar-refractivity contribution in [2.24, 2.45) is 13.0 Å². The third-order valence-corrected chi connectivity index (χ3v) is 3.25. The predicted molar refractivity (Wildman–Crippen MR) is 78.2 cm³/mol. The molecule has 2 aromatic rings. The van der Waals surface area contributed by atoms with E-state index in [1.165, 1.54) is 4.68 Å². The van der Waals surface area contributed by atoms with Crippen LogP contribution in [0, 0.1) is 29.9 Å². The quantitative estimate of drug-likeness (QED) is 0.633. The molecule has 0 saturated carbocycles. The van der Waals surface area contributed by atoms with Gasteiger partial charge in [0, 0.05) is 25.6 Å². The molecule has 1 N–H and O–H groups in total. The first-order chi connectivity index (χ1) is 10.3. The van der Waals surface area contributed by atoms with Gasteiger partial charge in [-0.2, -0.15) is 5.10 Å². The fourth-order valence-electron chi connectivity index (χ4n) is 2.07. The predicted octanol–water partition coefficient (Wildman–Crippen LogP) is 1.14. The van der Waals surface area contributed by atoms with Crippen molar-refractivity contribution >= 4 is 5.69 Å². The van der Waals surface area contributed by atoms with Gasteiger partial charge in [-0.1, -0.05) is 6.92 Å². The summed E-state index contributed by atoms with van der Waals surface area (Å²) in [6.45, 7) is 5.31. The Morgan fingerprint density at radius 2 is 2.14 bits per heavy atom. The third-order valence-electron chi connectivity index (χ3n) is 3.25. The van der Waals surface area contributed by atoms with Crippen molar-refractivity contribution in [1.82, 2.24) is 19.6 Å². The first-order valence-electron chi connectivity index (χ1n) is 6.83. The van der Waals surface area contributed by atoms with Crippen LogP contribution in [0.4, 0.5) is 5.69 Å². The summed E-state index contributed by atoms with van der Waals surface area (Å²) in [5.74, 6) is 0.425. The molecule has 0 spiro atoms. The van der Waals surface area contributed by atoms with Gasteiger partial charge in [0.2, 0.25) is 0 Å². The van der Waals surface area contributed by atoms with E-state index in [2.05, 4.69) is 10.2 Å². The smallest absolute Gasteiger partial charge is 0.353 e. The minimum Gasteiger partial charge on any atom is -0.471 e. The first-order valence-corrected chi connectivity index (χ1v) is 6.83. The standard InChI is InChI=1S/C13H19N5O4/c1-8(6-19)7-22-13-12(18(20)21)10(3)17(15-13)11-5-9(2)14-16(11)4/h5,8,19H,6-7H2,1-4H3/t8-/m1/s1. The molecule has 0 bridgehead atoms. The second kappa shape index (κ2) is 6.14. The van der Waals surface area contributed by atoms with E-state index in [-0.39, 0.29) is 30.7 Å². The lowest BCUT2D eigenvalue weighted by Crippen LogP contribution is -2.13. The number of hydrogen-bond acceptors (Lipinski definition) is 6. The van der Waals surface area contributed by atoms with Crippen LogP contribution in [0.5, 0.6) is 5.88 Å². The highest BCUT2D eigenvalue weighted by molar-refractivity contribution is 5.48. The van der Waals surface area contributed by atoms with Crippen molar-refractivity contribution in [3.8, 4) is 11.7 Å². The molecule has 0 aliphatic rings. The van der Waals surface area contributed by atoms with Crippen molar-refractivity contribution in [2.75, 3.05) is 13.2 Å². The van der Waals surface area contributed by atoms with Crippen molar-refractivity contribution < 1.29 is 14.8 Å². The zero-order chi connectivity index (χ0) is 16.4. The van der Waals surface area contributed by atoms with Gasteiger partial charge in [0.15, 0.2) is 5.82 Å². The van der Waals surface area contributed by atoms with E-state index >= 15 is 0 Å². The average Bonchev–Trinajstić information content (AvgIpc) is 2.95. The second-order valence-electron chi connectivity index (χ2n) is 5.27. The van der Waals surface area contributed by atoms with Crippen molar-refractivity contribution in [3.05, 3.63) is 27.6 Å². The van der Waals surface area contributed by atoms with Gasteiger partial charge in [-0.25, -0.2) is 4.68 Å². The van der Waals surface area contributed by atoms with Gasteiger partial charge in [0.25, 0.3) is 0 Å².